The van der Waals surface area contributed by atoms with Crippen molar-refractivity contribution in [3.05, 3.63) is 29.8 Å². The summed E-state index contributed by atoms with van der Waals surface area (Å²) in [6, 6.07) is 8.22. The fraction of sp³-hybridized carbons (Fsp3) is 0.579. The molecule has 2 aliphatic rings. The molecule has 2 heterocycles. The van der Waals surface area contributed by atoms with Crippen LogP contribution in [-0.2, 0) is 9.59 Å². The zero-order chi connectivity index (χ0) is 19.6. The molecule has 2 fully saturated rings. The maximum absolute atomic E-state index is 12.7. The highest BCUT2D eigenvalue weighted by molar-refractivity contribution is 5.83. The number of alkyl halides is 3. The van der Waals surface area contributed by atoms with Crippen LogP contribution in [0.4, 0.5) is 18.9 Å². The van der Waals surface area contributed by atoms with Crippen LogP contribution in [0.5, 0.6) is 0 Å². The summed E-state index contributed by atoms with van der Waals surface area (Å²) in [5.41, 5.74) is 2.33. The van der Waals surface area contributed by atoms with E-state index in [2.05, 4.69) is 17.0 Å². The summed E-state index contributed by atoms with van der Waals surface area (Å²) in [5.74, 6) is -2.11. The Hall–Kier alpha value is -2.25. The topological polar surface area (TPSA) is 43.9 Å². The van der Waals surface area contributed by atoms with Crippen LogP contribution in [0.1, 0.15) is 18.4 Å². The van der Waals surface area contributed by atoms with Crippen molar-refractivity contribution in [2.24, 2.45) is 5.92 Å². The Labute approximate surface area is 156 Å². The SMILES string of the molecule is Cc1cccc(N2CCN(C(=O)C3CCN(C(=O)C(F)(F)F)CC3)CC2)c1. The lowest BCUT2D eigenvalue weighted by Crippen LogP contribution is -2.52. The molecule has 0 atom stereocenters. The van der Waals surface area contributed by atoms with Crippen LogP contribution in [0, 0.1) is 12.8 Å². The minimum Gasteiger partial charge on any atom is -0.368 e. The number of anilines is 1. The third-order valence-corrected chi connectivity index (χ3v) is 5.33. The summed E-state index contributed by atoms with van der Waals surface area (Å²) in [5, 5.41) is 0. The van der Waals surface area contributed by atoms with E-state index >= 15 is 0 Å². The molecule has 2 aliphatic heterocycles. The highest BCUT2D eigenvalue weighted by atomic mass is 19.4. The van der Waals surface area contributed by atoms with Gasteiger partial charge in [0, 0.05) is 50.9 Å². The lowest BCUT2D eigenvalue weighted by Gasteiger charge is -2.39. The third-order valence-electron chi connectivity index (χ3n) is 5.33. The van der Waals surface area contributed by atoms with Crippen LogP contribution in [0.25, 0.3) is 0 Å². The molecule has 0 radical (unpaired) electrons. The molecule has 3 rings (SSSR count). The van der Waals surface area contributed by atoms with Gasteiger partial charge in [0.25, 0.3) is 0 Å². The van der Waals surface area contributed by atoms with Crippen molar-refractivity contribution in [1.29, 1.82) is 0 Å². The van der Waals surface area contributed by atoms with Crippen molar-refractivity contribution in [1.82, 2.24) is 9.80 Å². The molecule has 1 aromatic carbocycles. The third kappa shape index (κ3) is 4.54. The Morgan fingerprint density at radius 2 is 1.59 bits per heavy atom. The first-order valence-electron chi connectivity index (χ1n) is 9.22. The highest BCUT2D eigenvalue weighted by Gasteiger charge is 2.44. The molecule has 27 heavy (non-hydrogen) atoms. The monoisotopic (exact) mass is 383 g/mol. The Kier molecular flexibility index (Phi) is 5.62. The number of nitrogens with zero attached hydrogens (tertiary/aromatic N) is 3. The minimum atomic E-state index is -4.84. The minimum absolute atomic E-state index is 0.00185. The molecule has 0 aliphatic carbocycles. The van der Waals surface area contributed by atoms with Gasteiger partial charge in [0.15, 0.2) is 0 Å². The summed E-state index contributed by atoms with van der Waals surface area (Å²) in [6.07, 6.45) is -4.26. The van der Waals surface area contributed by atoms with Crippen molar-refractivity contribution < 1.29 is 22.8 Å². The normalized spacial score (nSPS) is 19.3. The van der Waals surface area contributed by atoms with Gasteiger partial charge in [-0.1, -0.05) is 12.1 Å². The van der Waals surface area contributed by atoms with E-state index in [0.29, 0.717) is 25.9 Å². The van der Waals surface area contributed by atoms with Crippen molar-refractivity contribution in [3.8, 4) is 0 Å². The van der Waals surface area contributed by atoms with Gasteiger partial charge < -0.3 is 14.7 Å². The average molecular weight is 383 g/mol. The van der Waals surface area contributed by atoms with E-state index < -0.39 is 12.1 Å². The first-order valence-corrected chi connectivity index (χ1v) is 9.22. The van der Waals surface area contributed by atoms with Crippen molar-refractivity contribution in [2.45, 2.75) is 25.9 Å². The second kappa shape index (κ2) is 7.78. The maximum Gasteiger partial charge on any atom is 0.471 e. The summed E-state index contributed by atoms with van der Waals surface area (Å²) in [7, 11) is 0. The number of likely N-dealkylation sites (tertiary alicyclic amines) is 1. The number of amides is 2. The molecule has 5 nitrogen and oxygen atoms in total. The van der Waals surface area contributed by atoms with E-state index in [-0.39, 0.29) is 24.9 Å². The Bertz CT molecular complexity index is 692. The van der Waals surface area contributed by atoms with Gasteiger partial charge >= 0.3 is 12.1 Å². The summed E-state index contributed by atoms with van der Waals surface area (Å²) in [4.78, 5) is 28.8. The molecular formula is C19H24F3N3O2. The zero-order valence-corrected chi connectivity index (χ0v) is 15.3. The Balaban J connectivity index is 1.50. The molecule has 0 spiro atoms. The van der Waals surface area contributed by atoms with Gasteiger partial charge in [-0.3, -0.25) is 9.59 Å². The Morgan fingerprint density at radius 3 is 2.15 bits per heavy atom. The molecule has 0 unspecified atom stereocenters. The number of hydrogen-bond donors (Lipinski definition) is 0. The molecule has 0 bridgehead atoms. The van der Waals surface area contributed by atoms with Crippen LogP contribution >= 0.6 is 0 Å². The molecule has 1 aromatic rings. The predicted molar refractivity (Wildman–Crippen MR) is 95.3 cm³/mol. The number of benzene rings is 1. The van der Waals surface area contributed by atoms with Crippen molar-refractivity contribution in [2.75, 3.05) is 44.2 Å². The van der Waals surface area contributed by atoms with E-state index in [1.165, 1.54) is 5.56 Å². The van der Waals surface area contributed by atoms with Gasteiger partial charge in [-0.25, -0.2) is 0 Å². The number of piperazine rings is 1. The van der Waals surface area contributed by atoms with Gasteiger partial charge in [-0.2, -0.15) is 13.2 Å². The summed E-state index contributed by atoms with van der Waals surface area (Å²) < 4.78 is 37.5. The number of rotatable bonds is 2. The number of carbonyl (C=O) groups excluding carboxylic acids is 2. The van der Waals surface area contributed by atoms with Gasteiger partial charge in [0.1, 0.15) is 0 Å². The fourth-order valence-corrected chi connectivity index (χ4v) is 3.78. The first-order chi connectivity index (χ1) is 12.8. The van der Waals surface area contributed by atoms with Gasteiger partial charge in [-0.05, 0) is 37.5 Å². The lowest BCUT2D eigenvalue weighted by molar-refractivity contribution is -0.187. The largest absolute Gasteiger partial charge is 0.471 e. The molecule has 2 amide bonds. The van der Waals surface area contributed by atoms with Crippen LogP contribution < -0.4 is 4.90 Å². The quantitative estimate of drug-likeness (QED) is 0.788. The molecule has 0 saturated carbocycles. The van der Waals surface area contributed by atoms with Gasteiger partial charge in [0.2, 0.25) is 5.91 Å². The molecular weight excluding hydrogens is 359 g/mol. The van der Waals surface area contributed by atoms with E-state index in [1.807, 2.05) is 19.1 Å². The van der Waals surface area contributed by atoms with Crippen LogP contribution in [0.2, 0.25) is 0 Å². The lowest BCUT2D eigenvalue weighted by atomic mass is 9.95. The predicted octanol–water partition coefficient (Wildman–Crippen LogP) is 2.44. The van der Waals surface area contributed by atoms with E-state index in [4.69, 9.17) is 0 Å². The fourth-order valence-electron chi connectivity index (χ4n) is 3.78. The molecule has 8 heteroatoms. The standard InChI is InChI=1S/C19H24F3N3O2/c1-14-3-2-4-16(13-14)23-9-11-24(12-10-23)17(26)15-5-7-25(8-6-15)18(27)19(20,21)22/h2-4,13,15H,5-12H2,1H3. The Morgan fingerprint density at radius 1 is 0.963 bits per heavy atom. The number of aryl methyl sites for hydroxylation is 1. The zero-order valence-electron chi connectivity index (χ0n) is 15.3. The number of piperidine rings is 1. The summed E-state index contributed by atoms with van der Waals surface area (Å²) >= 11 is 0. The molecule has 0 aromatic heterocycles. The average Bonchev–Trinajstić information content (AvgIpc) is 2.66. The number of hydrogen-bond acceptors (Lipinski definition) is 3. The van der Waals surface area contributed by atoms with Crippen LogP contribution in [0.15, 0.2) is 24.3 Å². The number of halogens is 3. The van der Waals surface area contributed by atoms with Crippen molar-refractivity contribution >= 4 is 17.5 Å². The summed E-state index contributed by atoms with van der Waals surface area (Å²) in [6.45, 7) is 4.69. The molecule has 2 saturated heterocycles. The van der Waals surface area contributed by atoms with Gasteiger partial charge in [0.05, 0.1) is 0 Å². The maximum atomic E-state index is 12.7. The van der Waals surface area contributed by atoms with E-state index in [9.17, 15) is 22.8 Å². The van der Waals surface area contributed by atoms with Crippen LogP contribution in [-0.4, -0.2) is 67.1 Å². The molecule has 148 valence electrons. The number of carbonyl (C=O) groups is 2. The van der Waals surface area contributed by atoms with Crippen LogP contribution in [0.3, 0.4) is 0 Å². The first kappa shape index (κ1) is 19.5. The second-order valence-corrected chi connectivity index (χ2v) is 7.22. The van der Waals surface area contributed by atoms with Crippen molar-refractivity contribution in [3.63, 3.8) is 0 Å². The molecule has 0 N–H and O–H groups in total. The smallest absolute Gasteiger partial charge is 0.368 e. The van der Waals surface area contributed by atoms with E-state index in [0.717, 1.165) is 23.7 Å². The second-order valence-electron chi connectivity index (χ2n) is 7.22. The van der Waals surface area contributed by atoms with E-state index in [1.54, 1.807) is 4.90 Å². The van der Waals surface area contributed by atoms with Gasteiger partial charge in [-0.15, -0.1) is 0 Å². The highest BCUT2D eigenvalue weighted by Crippen LogP contribution is 2.26.